The zero-order chi connectivity index (χ0) is 22.1. The van der Waals surface area contributed by atoms with Crippen LogP contribution in [0.5, 0.6) is 0 Å². The summed E-state index contributed by atoms with van der Waals surface area (Å²) in [5, 5.41) is 11.1. The first-order valence-corrected chi connectivity index (χ1v) is 9.33. The third-order valence-electron chi connectivity index (χ3n) is 5.01. The molecule has 1 atom stereocenters. The molecule has 158 valence electrons. The molecule has 1 aromatic carbocycles. The average Bonchev–Trinajstić information content (AvgIpc) is 2.77. The predicted octanol–water partition coefficient (Wildman–Crippen LogP) is 4.04. The third-order valence-corrected chi connectivity index (χ3v) is 5.01. The number of aromatic nitrogens is 5. The lowest BCUT2D eigenvalue weighted by atomic mass is 10.0. The number of hydrogen-bond donors (Lipinski definition) is 1. The summed E-state index contributed by atoms with van der Waals surface area (Å²) in [7, 11) is 1.58. The molecule has 0 spiro atoms. The van der Waals surface area contributed by atoms with Crippen molar-refractivity contribution in [2.75, 3.05) is 5.32 Å². The van der Waals surface area contributed by atoms with Crippen LogP contribution in [-0.4, -0.2) is 24.7 Å². The Balaban J connectivity index is 1.81. The van der Waals surface area contributed by atoms with Gasteiger partial charge in [-0.2, -0.15) is 10.2 Å². The quantitative estimate of drug-likeness (QED) is 0.519. The number of halogens is 3. The van der Waals surface area contributed by atoms with Crippen molar-refractivity contribution >= 4 is 16.9 Å². The lowest BCUT2D eigenvalue weighted by Crippen LogP contribution is -2.21. The van der Waals surface area contributed by atoms with Crippen LogP contribution in [0.15, 0.2) is 53.8 Å². The summed E-state index contributed by atoms with van der Waals surface area (Å²) in [6.07, 6.45) is 1.29. The van der Waals surface area contributed by atoms with Gasteiger partial charge in [-0.3, -0.25) is 9.36 Å². The van der Waals surface area contributed by atoms with Gasteiger partial charge in [-0.25, -0.2) is 23.1 Å². The highest BCUT2D eigenvalue weighted by Crippen LogP contribution is 2.30. The highest BCUT2D eigenvalue weighted by atomic mass is 19.3. The zero-order valence-electron chi connectivity index (χ0n) is 16.6. The molecule has 0 bridgehead atoms. The maximum absolute atomic E-state index is 14.6. The van der Waals surface area contributed by atoms with E-state index in [4.69, 9.17) is 0 Å². The summed E-state index contributed by atoms with van der Waals surface area (Å²) < 4.78 is 42.1. The molecule has 4 aromatic rings. The van der Waals surface area contributed by atoms with E-state index in [-0.39, 0.29) is 11.1 Å². The number of aryl methyl sites for hydroxylation is 1. The number of pyridine rings is 1. The van der Waals surface area contributed by atoms with E-state index in [9.17, 15) is 18.0 Å². The maximum Gasteiger partial charge on any atom is 0.266 e. The molecule has 0 unspecified atom stereocenters. The fourth-order valence-corrected chi connectivity index (χ4v) is 3.40. The molecule has 7 nitrogen and oxygen atoms in total. The van der Waals surface area contributed by atoms with E-state index in [2.05, 4.69) is 25.5 Å². The summed E-state index contributed by atoms with van der Waals surface area (Å²) in [5.74, 6) is -0.634. The van der Waals surface area contributed by atoms with Crippen molar-refractivity contribution in [3.05, 3.63) is 76.4 Å². The SMILES string of the molecule is C[C@@H](Nc1ncnc2c1cc(-c1ccnnc1)c(=O)n2C)c1cccc(C(F)F)c1F. The van der Waals surface area contributed by atoms with Crippen LogP contribution in [-0.2, 0) is 7.05 Å². The van der Waals surface area contributed by atoms with Gasteiger partial charge in [0.1, 0.15) is 23.6 Å². The van der Waals surface area contributed by atoms with Crippen LogP contribution < -0.4 is 10.9 Å². The van der Waals surface area contributed by atoms with E-state index in [0.717, 1.165) is 6.07 Å². The normalized spacial score (nSPS) is 12.3. The number of rotatable bonds is 5. The Morgan fingerprint density at radius 3 is 2.58 bits per heavy atom. The average molecular weight is 426 g/mol. The number of nitrogens with one attached hydrogen (secondary N) is 1. The summed E-state index contributed by atoms with van der Waals surface area (Å²) >= 11 is 0. The minimum absolute atomic E-state index is 0.0768. The number of hydrogen-bond acceptors (Lipinski definition) is 6. The molecule has 3 aromatic heterocycles. The van der Waals surface area contributed by atoms with Crippen LogP contribution >= 0.6 is 0 Å². The maximum atomic E-state index is 14.6. The van der Waals surface area contributed by atoms with Gasteiger partial charge < -0.3 is 5.32 Å². The fourth-order valence-electron chi connectivity index (χ4n) is 3.40. The molecule has 0 saturated heterocycles. The van der Waals surface area contributed by atoms with E-state index in [1.807, 2.05) is 0 Å². The van der Waals surface area contributed by atoms with Crippen molar-refractivity contribution in [2.45, 2.75) is 19.4 Å². The van der Waals surface area contributed by atoms with Gasteiger partial charge in [0, 0.05) is 23.7 Å². The zero-order valence-corrected chi connectivity index (χ0v) is 16.6. The van der Waals surface area contributed by atoms with Crippen LogP contribution in [0.2, 0.25) is 0 Å². The molecule has 0 fully saturated rings. The van der Waals surface area contributed by atoms with E-state index < -0.39 is 23.8 Å². The molecule has 0 radical (unpaired) electrons. The van der Waals surface area contributed by atoms with E-state index in [1.165, 1.54) is 35.4 Å². The van der Waals surface area contributed by atoms with E-state index in [0.29, 0.717) is 28.0 Å². The van der Waals surface area contributed by atoms with Crippen LogP contribution in [0.4, 0.5) is 19.0 Å². The lowest BCUT2D eigenvalue weighted by molar-refractivity contribution is 0.146. The topological polar surface area (TPSA) is 85.6 Å². The standard InChI is InChI=1S/C21H17F3N6O/c1-11(13-4-3-5-14(17(13)22)18(23)24)29-19-16-8-15(12-6-7-27-28-9-12)21(31)30(2)20(16)26-10-25-19/h3-11,18H,1-2H3,(H,25,26,29)/t11-/m1/s1. The van der Waals surface area contributed by atoms with Crippen molar-refractivity contribution in [3.8, 4) is 11.1 Å². The number of anilines is 1. The third kappa shape index (κ3) is 3.72. The summed E-state index contributed by atoms with van der Waals surface area (Å²) in [6.45, 7) is 1.64. The largest absolute Gasteiger partial charge is 0.363 e. The second-order valence-electron chi connectivity index (χ2n) is 6.93. The Hall–Kier alpha value is -3.82. The van der Waals surface area contributed by atoms with Crippen LogP contribution in [0.3, 0.4) is 0 Å². The highest BCUT2D eigenvalue weighted by molar-refractivity contribution is 5.90. The van der Waals surface area contributed by atoms with Crippen LogP contribution in [0.25, 0.3) is 22.2 Å². The smallest absolute Gasteiger partial charge is 0.266 e. The van der Waals surface area contributed by atoms with Gasteiger partial charge in [0.25, 0.3) is 12.0 Å². The molecule has 0 aliphatic carbocycles. The number of alkyl halides is 2. The number of benzene rings is 1. The van der Waals surface area contributed by atoms with E-state index >= 15 is 0 Å². The van der Waals surface area contributed by atoms with Gasteiger partial charge in [-0.15, -0.1) is 0 Å². The molecule has 0 aliphatic heterocycles. The minimum atomic E-state index is -2.92. The monoisotopic (exact) mass is 426 g/mol. The van der Waals surface area contributed by atoms with Gasteiger partial charge in [0.2, 0.25) is 0 Å². The van der Waals surface area contributed by atoms with Crippen molar-refractivity contribution in [3.63, 3.8) is 0 Å². The number of fused-ring (bicyclic) bond motifs is 1. The molecule has 1 N–H and O–H groups in total. The Labute approximate surface area is 174 Å². The molecule has 31 heavy (non-hydrogen) atoms. The second kappa shape index (κ2) is 8.13. The molecular weight excluding hydrogens is 409 g/mol. The fraction of sp³-hybridized carbons (Fsp3) is 0.190. The molecule has 3 heterocycles. The van der Waals surface area contributed by atoms with Gasteiger partial charge >= 0.3 is 0 Å². The van der Waals surface area contributed by atoms with Gasteiger partial charge in [-0.1, -0.05) is 18.2 Å². The Kier molecular flexibility index (Phi) is 5.37. The van der Waals surface area contributed by atoms with Crippen LogP contribution in [0, 0.1) is 5.82 Å². The first-order valence-electron chi connectivity index (χ1n) is 9.33. The minimum Gasteiger partial charge on any atom is -0.363 e. The first kappa shape index (κ1) is 20.5. The number of nitrogens with zero attached hydrogens (tertiary/aromatic N) is 5. The van der Waals surface area contributed by atoms with Gasteiger partial charge in [-0.05, 0) is 19.1 Å². The highest BCUT2D eigenvalue weighted by Gasteiger charge is 2.21. The van der Waals surface area contributed by atoms with Gasteiger partial charge in [0.05, 0.1) is 29.4 Å². The Bertz CT molecular complexity index is 1310. The van der Waals surface area contributed by atoms with Crippen molar-refractivity contribution in [1.29, 1.82) is 0 Å². The molecule has 0 aliphatic rings. The predicted molar refractivity (Wildman–Crippen MR) is 109 cm³/mol. The van der Waals surface area contributed by atoms with Crippen molar-refractivity contribution in [1.82, 2.24) is 24.7 Å². The van der Waals surface area contributed by atoms with Crippen molar-refractivity contribution < 1.29 is 13.2 Å². The Morgan fingerprint density at radius 2 is 1.87 bits per heavy atom. The molecule has 4 rings (SSSR count). The Morgan fingerprint density at radius 1 is 1.10 bits per heavy atom. The first-order chi connectivity index (χ1) is 14.9. The summed E-state index contributed by atoms with van der Waals surface area (Å²) in [6, 6.07) is 6.47. The molecular formula is C21H17F3N6O. The van der Waals surface area contributed by atoms with Gasteiger partial charge in [0.15, 0.2) is 0 Å². The van der Waals surface area contributed by atoms with Crippen molar-refractivity contribution in [2.24, 2.45) is 7.05 Å². The second-order valence-corrected chi connectivity index (χ2v) is 6.93. The summed E-state index contributed by atoms with van der Waals surface area (Å²) in [5.41, 5.74) is 0.426. The van der Waals surface area contributed by atoms with E-state index in [1.54, 1.807) is 26.1 Å². The lowest BCUT2D eigenvalue weighted by Gasteiger charge is -2.19. The molecule has 10 heteroatoms. The van der Waals surface area contributed by atoms with Crippen LogP contribution in [0.1, 0.15) is 30.5 Å². The molecule has 0 saturated carbocycles. The summed E-state index contributed by atoms with van der Waals surface area (Å²) in [4.78, 5) is 21.2. The molecule has 0 amide bonds.